The third kappa shape index (κ3) is 2.79. The number of hydrogen-bond acceptors (Lipinski definition) is 4. The van der Waals surface area contributed by atoms with Crippen LogP contribution in [0.25, 0.3) is 22.8 Å². The van der Waals surface area contributed by atoms with Crippen molar-refractivity contribution in [3.8, 4) is 22.8 Å². The van der Waals surface area contributed by atoms with E-state index in [1.54, 1.807) is 18.3 Å². The Morgan fingerprint density at radius 2 is 1.64 bits per heavy atom. The molecular weight excluding hydrogens is 300 g/mol. The van der Waals surface area contributed by atoms with Gasteiger partial charge >= 0.3 is 0 Å². The number of nitrogens with one attached hydrogen (secondary N) is 1. The van der Waals surface area contributed by atoms with Crippen molar-refractivity contribution in [3.63, 3.8) is 0 Å². The fourth-order valence-electron chi connectivity index (χ4n) is 2.04. The van der Waals surface area contributed by atoms with Gasteiger partial charge in [-0.05, 0) is 31.3 Å². The molecule has 0 saturated carbocycles. The molecule has 3 aromatic rings. The fraction of sp³-hybridized carbons (Fsp3) is 0.0625. The summed E-state index contributed by atoms with van der Waals surface area (Å²) in [6, 6.07) is 16.0. The molecule has 0 spiro atoms. The Balaban J connectivity index is 1.91. The SMILES string of the molecule is CNS(=O)(=O)c1ccc(-c2ncc(-c3ccccc3)o2)cc1. The minimum atomic E-state index is -3.44. The summed E-state index contributed by atoms with van der Waals surface area (Å²) >= 11 is 0. The molecule has 0 aliphatic carbocycles. The maximum absolute atomic E-state index is 11.7. The summed E-state index contributed by atoms with van der Waals surface area (Å²) in [6.45, 7) is 0. The first kappa shape index (κ1) is 14.5. The topological polar surface area (TPSA) is 72.2 Å². The highest BCUT2D eigenvalue weighted by atomic mass is 32.2. The molecule has 3 rings (SSSR count). The van der Waals surface area contributed by atoms with Crippen molar-refractivity contribution in [2.75, 3.05) is 7.05 Å². The van der Waals surface area contributed by atoms with Crippen LogP contribution in [0.15, 0.2) is 70.1 Å². The summed E-state index contributed by atoms with van der Waals surface area (Å²) in [4.78, 5) is 4.45. The van der Waals surface area contributed by atoms with E-state index in [2.05, 4.69) is 9.71 Å². The number of rotatable bonds is 4. The van der Waals surface area contributed by atoms with Crippen LogP contribution in [0.1, 0.15) is 0 Å². The molecule has 1 aromatic heterocycles. The van der Waals surface area contributed by atoms with Crippen LogP contribution in [-0.4, -0.2) is 20.4 Å². The summed E-state index contributed by atoms with van der Waals surface area (Å²) < 4.78 is 31.4. The molecule has 6 heteroatoms. The molecule has 0 fully saturated rings. The summed E-state index contributed by atoms with van der Waals surface area (Å²) in [7, 11) is -2.06. The summed E-state index contributed by atoms with van der Waals surface area (Å²) in [5, 5.41) is 0. The molecule has 0 saturated heterocycles. The summed E-state index contributed by atoms with van der Waals surface area (Å²) in [6.07, 6.45) is 1.66. The van der Waals surface area contributed by atoms with E-state index in [4.69, 9.17) is 4.42 Å². The molecule has 2 aromatic carbocycles. The van der Waals surface area contributed by atoms with Gasteiger partial charge in [-0.2, -0.15) is 0 Å². The minimum Gasteiger partial charge on any atom is -0.436 e. The first-order valence-corrected chi connectivity index (χ1v) is 8.14. The predicted octanol–water partition coefficient (Wildman–Crippen LogP) is 2.92. The van der Waals surface area contributed by atoms with Crippen LogP contribution >= 0.6 is 0 Å². The van der Waals surface area contributed by atoms with Crippen LogP contribution < -0.4 is 4.72 Å². The van der Waals surface area contributed by atoms with Crippen LogP contribution in [0.3, 0.4) is 0 Å². The lowest BCUT2D eigenvalue weighted by atomic mass is 10.2. The maximum Gasteiger partial charge on any atom is 0.240 e. The molecule has 1 heterocycles. The lowest BCUT2D eigenvalue weighted by molar-refractivity contribution is 0.586. The van der Waals surface area contributed by atoms with Crippen molar-refractivity contribution < 1.29 is 12.8 Å². The normalized spacial score (nSPS) is 11.5. The standard InChI is InChI=1S/C16H14N2O3S/c1-17-22(19,20)14-9-7-13(8-10-14)16-18-11-15(21-16)12-5-3-2-4-6-12/h2-11,17H,1H3. The fourth-order valence-corrected chi connectivity index (χ4v) is 2.77. The van der Waals surface area contributed by atoms with Gasteiger partial charge in [0.2, 0.25) is 15.9 Å². The molecule has 0 unspecified atom stereocenters. The van der Waals surface area contributed by atoms with Crippen LogP contribution in [0.2, 0.25) is 0 Å². The second-order valence-electron chi connectivity index (χ2n) is 4.63. The Morgan fingerprint density at radius 3 is 2.27 bits per heavy atom. The molecule has 0 atom stereocenters. The van der Waals surface area contributed by atoms with Crippen molar-refractivity contribution in [2.24, 2.45) is 0 Å². The average molecular weight is 314 g/mol. The van der Waals surface area contributed by atoms with Crippen molar-refractivity contribution in [1.29, 1.82) is 0 Å². The summed E-state index contributed by atoms with van der Waals surface area (Å²) in [5.74, 6) is 1.12. The monoisotopic (exact) mass is 314 g/mol. The molecular formula is C16H14N2O3S. The number of nitrogens with zero attached hydrogens (tertiary/aromatic N) is 1. The molecule has 0 radical (unpaired) electrons. The van der Waals surface area contributed by atoms with Crippen molar-refractivity contribution in [3.05, 3.63) is 60.8 Å². The smallest absolute Gasteiger partial charge is 0.240 e. The molecule has 0 aliphatic heterocycles. The highest BCUT2D eigenvalue weighted by Gasteiger charge is 2.13. The van der Waals surface area contributed by atoms with Gasteiger partial charge in [0.05, 0.1) is 11.1 Å². The Morgan fingerprint density at radius 1 is 0.955 bits per heavy atom. The predicted molar refractivity (Wildman–Crippen MR) is 83.6 cm³/mol. The van der Waals surface area contributed by atoms with E-state index in [1.165, 1.54) is 19.2 Å². The molecule has 112 valence electrons. The Kier molecular flexibility index (Phi) is 3.79. The van der Waals surface area contributed by atoms with Crippen LogP contribution in [0.4, 0.5) is 0 Å². The molecule has 0 aliphatic rings. The maximum atomic E-state index is 11.7. The zero-order valence-electron chi connectivity index (χ0n) is 11.9. The lowest BCUT2D eigenvalue weighted by Crippen LogP contribution is -2.18. The number of oxazole rings is 1. The van der Waals surface area contributed by atoms with Gasteiger partial charge in [0, 0.05) is 11.1 Å². The minimum absolute atomic E-state index is 0.202. The number of benzene rings is 2. The first-order chi connectivity index (χ1) is 10.6. The van der Waals surface area contributed by atoms with Crippen LogP contribution in [-0.2, 0) is 10.0 Å². The van der Waals surface area contributed by atoms with E-state index >= 15 is 0 Å². The zero-order valence-corrected chi connectivity index (χ0v) is 12.7. The molecule has 1 N–H and O–H groups in total. The van der Waals surface area contributed by atoms with E-state index in [0.29, 0.717) is 11.7 Å². The third-order valence-corrected chi connectivity index (χ3v) is 4.67. The van der Waals surface area contributed by atoms with Crippen molar-refractivity contribution >= 4 is 10.0 Å². The van der Waals surface area contributed by atoms with Gasteiger partial charge in [-0.1, -0.05) is 30.3 Å². The van der Waals surface area contributed by atoms with Gasteiger partial charge in [-0.25, -0.2) is 18.1 Å². The highest BCUT2D eigenvalue weighted by Crippen LogP contribution is 2.26. The van der Waals surface area contributed by atoms with Gasteiger partial charge < -0.3 is 4.42 Å². The van der Waals surface area contributed by atoms with Crippen molar-refractivity contribution in [2.45, 2.75) is 4.90 Å². The highest BCUT2D eigenvalue weighted by molar-refractivity contribution is 7.89. The van der Waals surface area contributed by atoms with Gasteiger partial charge in [0.15, 0.2) is 5.76 Å². The Hall–Kier alpha value is -2.44. The third-order valence-electron chi connectivity index (χ3n) is 3.24. The first-order valence-electron chi connectivity index (χ1n) is 6.65. The molecule has 0 bridgehead atoms. The zero-order chi connectivity index (χ0) is 15.6. The number of hydrogen-bond donors (Lipinski definition) is 1. The quantitative estimate of drug-likeness (QED) is 0.803. The molecule has 22 heavy (non-hydrogen) atoms. The average Bonchev–Trinajstić information content (AvgIpc) is 3.06. The van der Waals surface area contributed by atoms with Gasteiger partial charge in [0.25, 0.3) is 0 Å². The van der Waals surface area contributed by atoms with E-state index in [0.717, 1.165) is 11.1 Å². The molecule has 5 nitrogen and oxygen atoms in total. The Labute approximate surface area is 128 Å². The number of sulfonamides is 1. The molecule has 0 amide bonds. The second kappa shape index (κ2) is 5.75. The van der Waals surface area contributed by atoms with Crippen molar-refractivity contribution in [1.82, 2.24) is 9.71 Å². The van der Waals surface area contributed by atoms with E-state index in [1.807, 2.05) is 30.3 Å². The second-order valence-corrected chi connectivity index (χ2v) is 6.51. The Bertz CT molecular complexity index is 869. The summed E-state index contributed by atoms with van der Waals surface area (Å²) in [5.41, 5.74) is 1.66. The van der Waals surface area contributed by atoms with Gasteiger partial charge in [-0.3, -0.25) is 0 Å². The van der Waals surface area contributed by atoms with E-state index in [-0.39, 0.29) is 4.90 Å². The van der Waals surface area contributed by atoms with Gasteiger partial charge in [0.1, 0.15) is 0 Å². The van der Waals surface area contributed by atoms with E-state index < -0.39 is 10.0 Å². The van der Waals surface area contributed by atoms with E-state index in [9.17, 15) is 8.42 Å². The number of aromatic nitrogens is 1. The van der Waals surface area contributed by atoms with Gasteiger partial charge in [-0.15, -0.1) is 0 Å². The van der Waals surface area contributed by atoms with Crippen LogP contribution in [0.5, 0.6) is 0 Å². The van der Waals surface area contributed by atoms with Crippen LogP contribution in [0, 0.1) is 0 Å². The lowest BCUT2D eigenvalue weighted by Gasteiger charge is -2.02. The largest absolute Gasteiger partial charge is 0.436 e.